The van der Waals surface area contributed by atoms with Gasteiger partial charge in [0, 0.05) is 0 Å². The Morgan fingerprint density at radius 3 is 2.48 bits per heavy atom. The van der Waals surface area contributed by atoms with Gasteiger partial charge in [-0.25, -0.2) is 0 Å². The van der Waals surface area contributed by atoms with Crippen molar-refractivity contribution in [2.45, 2.75) is 6.42 Å². The number of ether oxygens (including phenoxy) is 1. The van der Waals surface area contributed by atoms with Crippen molar-refractivity contribution in [3.05, 3.63) is 54.1 Å². The summed E-state index contributed by atoms with van der Waals surface area (Å²) >= 11 is 0. The van der Waals surface area contributed by atoms with Crippen LogP contribution in [0, 0.1) is 0 Å². The van der Waals surface area contributed by atoms with Gasteiger partial charge >= 0.3 is 0 Å². The molecule has 1 saturated heterocycles. The summed E-state index contributed by atoms with van der Waals surface area (Å²) < 4.78 is 5.15. The average molecular weight is 340 g/mol. The Bertz CT molecular complexity index is 707. The van der Waals surface area contributed by atoms with Crippen LogP contribution < -0.4 is 19.9 Å². The van der Waals surface area contributed by atoms with Gasteiger partial charge in [-0.2, -0.15) is 0 Å². The van der Waals surface area contributed by atoms with E-state index in [0.717, 1.165) is 48.9 Å². The van der Waals surface area contributed by atoms with Gasteiger partial charge in [-0.1, -0.05) is 24.3 Å². The number of carbonyl (C=O) groups excluding carboxylic acids is 1. The van der Waals surface area contributed by atoms with Gasteiger partial charge in [0.05, 0.1) is 58.1 Å². The first kappa shape index (κ1) is 17.3. The Labute approximate surface area is 149 Å². The molecule has 132 valence electrons. The molecule has 1 fully saturated rings. The lowest BCUT2D eigenvalue weighted by Crippen LogP contribution is -3.12. The molecule has 0 aliphatic carbocycles. The van der Waals surface area contributed by atoms with Crippen molar-refractivity contribution in [3.63, 3.8) is 0 Å². The molecule has 0 aromatic heterocycles. The Kier molecular flexibility index (Phi) is 5.56. The van der Waals surface area contributed by atoms with E-state index in [-0.39, 0.29) is 5.91 Å². The monoisotopic (exact) mass is 340 g/mol. The Morgan fingerprint density at radius 2 is 1.80 bits per heavy atom. The number of amides is 1. The number of carbonyl (C=O) groups is 1. The number of hydrogen-bond acceptors (Lipinski definition) is 3. The fraction of sp³-hybridized carbons (Fsp3) is 0.350. The lowest BCUT2D eigenvalue weighted by Gasteiger charge is -2.33. The Morgan fingerprint density at radius 1 is 1.12 bits per heavy atom. The average Bonchev–Trinajstić information content (AvgIpc) is 2.63. The zero-order chi connectivity index (χ0) is 17.6. The molecule has 0 saturated carbocycles. The van der Waals surface area contributed by atoms with Crippen molar-refractivity contribution in [2.24, 2.45) is 0 Å². The second-order valence-corrected chi connectivity index (χ2v) is 6.53. The van der Waals surface area contributed by atoms with Crippen LogP contribution in [0.15, 0.2) is 48.5 Å². The van der Waals surface area contributed by atoms with E-state index in [4.69, 9.17) is 4.74 Å². The molecule has 2 aromatic carbocycles. The predicted molar refractivity (Wildman–Crippen MR) is 101 cm³/mol. The van der Waals surface area contributed by atoms with E-state index in [2.05, 4.69) is 23.3 Å². The fourth-order valence-corrected chi connectivity index (χ4v) is 3.11. The molecule has 0 unspecified atom stereocenters. The molecule has 1 aliphatic heterocycles. The van der Waals surface area contributed by atoms with Gasteiger partial charge in [-0.3, -0.25) is 4.79 Å². The highest BCUT2D eigenvalue weighted by Gasteiger charge is 2.19. The van der Waals surface area contributed by atoms with Crippen molar-refractivity contribution < 1.29 is 14.4 Å². The van der Waals surface area contributed by atoms with E-state index < -0.39 is 0 Å². The van der Waals surface area contributed by atoms with Crippen LogP contribution in [0.4, 0.5) is 11.4 Å². The Balaban J connectivity index is 1.66. The number of benzene rings is 2. The number of anilines is 2. The van der Waals surface area contributed by atoms with Crippen LogP contribution >= 0.6 is 0 Å². The first-order chi connectivity index (χ1) is 12.2. The van der Waals surface area contributed by atoms with Crippen LogP contribution in [0.2, 0.25) is 0 Å². The van der Waals surface area contributed by atoms with E-state index in [1.807, 2.05) is 42.5 Å². The van der Waals surface area contributed by atoms with Crippen LogP contribution in [0.1, 0.15) is 5.56 Å². The largest absolute Gasteiger partial charge is 0.497 e. The zero-order valence-corrected chi connectivity index (χ0v) is 14.9. The lowest BCUT2D eigenvalue weighted by atomic mass is 10.1. The summed E-state index contributed by atoms with van der Waals surface area (Å²) in [4.78, 5) is 16.4. The van der Waals surface area contributed by atoms with Crippen LogP contribution in [-0.4, -0.2) is 46.2 Å². The third kappa shape index (κ3) is 4.51. The molecule has 1 heterocycles. The number of hydrogen-bond donors (Lipinski definition) is 2. The minimum atomic E-state index is -0.00244. The van der Waals surface area contributed by atoms with Gasteiger partial charge in [-0.15, -0.1) is 0 Å². The molecule has 3 rings (SSSR count). The molecule has 0 atom stereocenters. The van der Waals surface area contributed by atoms with E-state index in [1.165, 1.54) is 0 Å². The van der Waals surface area contributed by atoms with Crippen LogP contribution in [0.3, 0.4) is 0 Å². The van der Waals surface area contributed by atoms with Crippen molar-refractivity contribution in [1.82, 2.24) is 0 Å². The molecule has 2 aromatic rings. The standard InChI is InChI=1S/C20H25N3O2/c1-22-11-13-23(14-12-22)19-6-4-3-5-18(19)21-20(24)15-16-7-9-17(25-2)10-8-16/h3-10H,11-15H2,1-2H3,(H,21,24)/p+1. The highest BCUT2D eigenvalue weighted by Crippen LogP contribution is 2.25. The van der Waals surface area contributed by atoms with Crippen LogP contribution in [-0.2, 0) is 11.2 Å². The quantitative estimate of drug-likeness (QED) is 0.860. The van der Waals surface area contributed by atoms with Gasteiger partial charge in [-0.05, 0) is 29.8 Å². The SMILES string of the molecule is COc1ccc(CC(=O)Nc2ccccc2N2CC[NH+](C)CC2)cc1. The van der Waals surface area contributed by atoms with E-state index >= 15 is 0 Å². The van der Waals surface area contributed by atoms with Gasteiger partial charge in [0.25, 0.3) is 0 Å². The molecule has 5 heteroatoms. The number of piperazine rings is 1. The number of methoxy groups -OCH3 is 1. The third-order valence-electron chi connectivity index (χ3n) is 4.66. The van der Waals surface area contributed by atoms with E-state index in [1.54, 1.807) is 12.0 Å². The number of nitrogens with one attached hydrogen (secondary N) is 2. The molecule has 0 bridgehead atoms. The normalized spacial score (nSPS) is 15.0. The van der Waals surface area contributed by atoms with Crippen molar-refractivity contribution in [3.8, 4) is 5.75 Å². The van der Waals surface area contributed by atoms with Crippen molar-refractivity contribution in [1.29, 1.82) is 0 Å². The number of nitrogens with zero attached hydrogens (tertiary/aromatic N) is 1. The molecule has 0 spiro atoms. The van der Waals surface area contributed by atoms with Crippen LogP contribution in [0.25, 0.3) is 0 Å². The summed E-state index contributed by atoms with van der Waals surface area (Å²) in [5.41, 5.74) is 2.97. The maximum absolute atomic E-state index is 12.5. The van der Waals surface area contributed by atoms with Gasteiger partial charge in [0.15, 0.2) is 0 Å². The number of likely N-dealkylation sites (N-methyl/N-ethyl adjacent to an activating group) is 1. The summed E-state index contributed by atoms with van der Waals surface area (Å²) in [5, 5.41) is 3.08. The molecular weight excluding hydrogens is 314 g/mol. The summed E-state index contributed by atoms with van der Waals surface area (Å²) in [6.45, 7) is 4.26. The summed E-state index contributed by atoms with van der Waals surface area (Å²) in [5.74, 6) is 0.795. The molecular formula is C20H26N3O2+. The van der Waals surface area contributed by atoms with Crippen molar-refractivity contribution in [2.75, 3.05) is 50.6 Å². The summed E-state index contributed by atoms with van der Waals surface area (Å²) in [6, 6.07) is 15.7. The fourth-order valence-electron chi connectivity index (χ4n) is 3.11. The second-order valence-electron chi connectivity index (χ2n) is 6.53. The molecule has 1 amide bonds. The maximum atomic E-state index is 12.5. The minimum absolute atomic E-state index is 0.00244. The molecule has 0 radical (unpaired) electrons. The second kappa shape index (κ2) is 8.03. The molecule has 1 aliphatic rings. The number of rotatable bonds is 5. The molecule has 25 heavy (non-hydrogen) atoms. The third-order valence-corrected chi connectivity index (χ3v) is 4.66. The molecule has 2 N–H and O–H groups in total. The van der Waals surface area contributed by atoms with E-state index in [9.17, 15) is 4.79 Å². The lowest BCUT2D eigenvalue weighted by molar-refractivity contribution is -0.880. The first-order valence-electron chi connectivity index (χ1n) is 8.74. The van der Waals surface area contributed by atoms with Gasteiger partial charge in [0.2, 0.25) is 5.91 Å². The van der Waals surface area contributed by atoms with Crippen LogP contribution in [0.5, 0.6) is 5.75 Å². The number of quaternary nitrogens is 1. The van der Waals surface area contributed by atoms with Gasteiger partial charge < -0.3 is 19.9 Å². The molecule has 5 nitrogen and oxygen atoms in total. The zero-order valence-electron chi connectivity index (χ0n) is 14.9. The summed E-state index contributed by atoms with van der Waals surface area (Å²) in [6.07, 6.45) is 0.352. The topological polar surface area (TPSA) is 46.0 Å². The first-order valence-corrected chi connectivity index (χ1v) is 8.74. The summed E-state index contributed by atoms with van der Waals surface area (Å²) in [7, 11) is 3.86. The van der Waals surface area contributed by atoms with Gasteiger partial charge in [0.1, 0.15) is 5.75 Å². The smallest absolute Gasteiger partial charge is 0.228 e. The van der Waals surface area contributed by atoms with Crippen molar-refractivity contribution >= 4 is 17.3 Å². The highest BCUT2D eigenvalue weighted by molar-refractivity contribution is 5.95. The maximum Gasteiger partial charge on any atom is 0.228 e. The predicted octanol–water partition coefficient (Wildman–Crippen LogP) is 1.21. The van der Waals surface area contributed by atoms with E-state index in [0.29, 0.717) is 6.42 Å². The Hall–Kier alpha value is -2.53. The highest BCUT2D eigenvalue weighted by atomic mass is 16.5. The minimum Gasteiger partial charge on any atom is -0.497 e. The number of para-hydroxylation sites is 2.